The number of primary amides is 1. The smallest absolute Gasteiger partial charge is 0.217 e. The predicted octanol–water partition coefficient (Wildman–Crippen LogP) is 1.25. The van der Waals surface area contributed by atoms with Crippen molar-refractivity contribution in [2.24, 2.45) is 16.6 Å². The van der Waals surface area contributed by atoms with E-state index in [4.69, 9.17) is 5.73 Å². The van der Waals surface area contributed by atoms with E-state index in [0.29, 0.717) is 12.3 Å². The Hall–Kier alpha value is -0.570. The zero-order valence-electron chi connectivity index (χ0n) is 14.5. The van der Waals surface area contributed by atoms with Gasteiger partial charge < -0.3 is 16.0 Å². The number of carbonyl (C=O) groups is 1. The molecule has 1 saturated carbocycles. The minimum Gasteiger partial charge on any atom is -0.370 e. The number of rotatable bonds is 7. The Morgan fingerprint density at radius 3 is 2.70 bits per heavy atom. The molecule has 6 nitrogen and oxygen atoms in total. The fourth-order valence-electron chi connectivity index (χ4n) is 3.39. The van der Waals surface area contributed by atoms with Gasteiger partial charge in [0.15, 0.2) is 5.96 Å². The Morgan fingerprint density at radius 1 is 1.39 bits per heavy atom. The second-order valence-electron chi connectivity index (χ2n) is 6.46. The minimum absolute atomic E-state index is 0. The highest BCUT2D eigenvalue weighted by molar-refractivity contribution is 14.0. The van der Waals surface area contributed by atoms with E-state index in [0.717, 1.165) is 57.6 Å². The molecule has 1 unspecified atom stereocenters. The molecule has 23 heavy (non-hydrogen) atoms. The van der Waals surface area contributed by atoms with Crippen molar-refractivity contribution in [1.29, 1.82) is 0 Å². The monoisotopic (exact) mass is 437 g/mol. The molecule has 0 spiro atoms. The molecule has 0 aromatic heterocycles. The zero-order chi connectivity index (χ0) is 15.9. The summed E-state index contributed by atoms with van der Waals surface area (Å²) >= 11 is 0. The van der Waals surface area contributed by atoms with Gasteiger partial charge in [0.25, 0.3) is 0 Å². The van der Waals surface area contributed by atoms with Crippen LogP contribution >= 0.6 is 24.0 Å². The number of hydrogen-bond acceptors (Lipinski definition) is 3. The summed E-state index contributed by atoms with van der Waals surface area (Å²) in [6.45, 7) is 7.23. The normalized spacial score (nSPS) is 22.0. The summed E-state index contributed by atoms with van der Waals surface area (Å²) in [5.41, 5.74) is 5.33. The van der Waals surface area contributed by atoms with Crippen molar-refractivity contribution in [3.05, 3.63) is 0 Å². The third-order valence-electron chi connectivity index (χ3n) is 4.67. The molecule has 1 saturated heterocycles. The largest absolute Gasteiger partial charge is 0.370 e. The molecule has 1 aliphatic heterocycles. The minimum atomic E-state index is -0.196. The number of halogens is 1. The van der Waals surface area contributed by atoms with Crippen LogP contribution in [0, 0.1) is 5.92 Å². The van der Waals surface area contributed by atoms with Crippen molar-refractivity contribution < 1.29 is 4.79 Å². The maximum atomic E-state index is 11.1. The van der Waals surface area contributed by atoms with E-state index in [-0.39, 0.29) is 29.9 Å². The lowest BCUT2D eigenvalue weighted by molar-refractivity contribution is -0.119. The number of nitrogens with two attached hydrogens (primary N) is 1. The SMILES string of the molecule is CCN(CCNC(=NC)N1CCCC(CC(N)=O)C1)C1CC1.I. The number of likely N-dealkylation sites (N-methyl/N-ethyl adjacent to an activating group) is 1. The van der Waals surface area contributed by atoms with Gasteiger partial charge in [-0.1, -0.05) is 6.92 Å². The lowest BCUT2D eigenvalue weighted by atomic mass is 9.95. The van der Waals surface area contributed by atoms with Gasteiger partial charge >= 0.3 is 0 Å². The molecule has 2 rings (SSSR count). The van der Waals surface area contributed by atoms with E-state index in [1.165, 1.54) is 12.8 Å². The average Bonchev–Trinajstić information content (AvgIpc) is 3.32. The highest BCUT2D eigenvalue weighted by Crippen LogP contribution is 2.25. The summed E-state index contributed by atoms with van der Waals surface area (Å²) in [6.07, 6.45) is 5.37. The average molecular weight is 437 g/mol. The number of piperidine rings is 1. The number of likely N-dealkylation sites (tertiary alicyclic amines) is 1. The van der Waals surface area contributed by atoms with Crippen LogP contribution < -0.4 is 11.1 Å². The molecule has 2 aliphatic rings. The van der Waals surface area contributed by atoms with Gasteiger partial charge in [-0.3, -0.25) is 14.7 Å². The second kappa shape index (κ2) is 10.3. The summed E-state index contributed by atoms with van der Waals surface area (Å²) in [7, 11) is 1.83. The van der Waals surface area contributed by atoms with E-state index in [1.807, 2.05) is 7.05 Å². The molecular weight excluding hydrogens is 405 g/mol. The number of hydrogen-bond donors (Lipinski definition) is 2. The fourth-order valence-corrected chi connectivity index (χ4v) is 3.39. The summed E-state index contributed by atoms with van der Waals surface area (Å²) in [5.74, 6) is 1.13. The van der Waals surface area contributed by atoms with Gasteiger partial charge in [-0.15, -0.1) is 24.0 Å². The molecular formula is C16H32IN5O. The highest BCUT2D eigenvalue weighted by atomic mass is 127. The molecule has 1 atom stereocenters. The number of guanidine groups is 1. The number of amides is 1. The quantitative estimate of drug-likeness (QED) is 0.357. The van der Waals surface area contributed by atoms with Gasteiger partial charge in [-0.05, 0) is 38.1 Å². The first-order chi connectivity index (χ1) is 10.6. The number of carbonyl (C=O) groups excluding carboxylic acids is 1. The molecule has 0 radical (unpaired) electrons. The van der Waals surface area contributed by atoms with Crippen LogP contribution in [-0.4, -0.2) is 67.5 Å². The fraction of sp³-hybridized carbons (Fsp3) is 0.875. The first-order valence-electron chi connectivity index (χ1n) is 8.62. The van der Waals surface area contributed by atoms with E-state index in [9.17, 15) is 4.79 Å². The molecule has 1 aliphatic carbocycles. The van der Waals surface area contributed by atoms with E-state index >= 15 is 0 Å². The van der Waals surface area contributed by atoms with E-state index < -0.39 is 0 Å². The van der Waals surface area contributed by atoms with Gasteiger partial charge in [0, 0.05) is 45.7 Å². The predicted molar refractivity (Wildman–Crippen MR) is 105 cm³/mol. The van der Waals surface area contributed by atoms with Gasteiger partial charge in [-0.2, -0.15) is 0 Å². The Bertz CT molecular complexity index is 400. The third kappa shape index (κ3) is 6.82. The van der Waals surface area contributed by atoms with Crippen LogP contribution in [0.15, 0.2) is 4.99 Å². The number of aliphatic imine (C=N–C) groups is 1. The standard InChI is InChI=1S/C16H31N5O.HI/c1-3-20(14-6-7-14)10-8-19-16(18-2)21-9-4-5-13(12-21)11-15(17)22;/h13-14H,3-12H2,1-2H3,(H2,17,22)(H,18,19);1H. The van der Waals surface area contributed by atoms with Crippen LogP contribution in [0.4, 0.5) is 0 Å². The lowest BCUT2D eigenvalue weighted by Crippen LogP contribution is -2.48. The molecule has 7 heteroatoms. The summed E-state index contributed by atoms with van der Waals surface area (Å²) < 4.78 is 0. The first kappa shape index (κ1) is 20.5. The van der Waals surface area contributed by atoms with Crippen molar-refractivity contribution in [3.63, 3.8) is 0 Å². The Kier molecular flexibility index (Phi) is 9.19. The number of nitrogens with one attached hydrogen (secondary N) is 1. The number of nitrogens with zero attached hydrogens (tertiary/aromatic N) is 3. The summed E-state index contributed by atoms with van der Waals surface area (Å²) in [6, 6.07) is 0.809. The molecule has 1 amide bonds. The molecule has 2 fully saturated rings. The van der Waals surface area contributed by atoms with Gasteiger partial charge in [0.2, 0.25) is 5.91 Å². The maximum Gasteiger partial charge on any atom is 0.217 e. The summed E-state index contributed by atoms with van der Waals surface area (Å²) in [5, 5.41) is 3.48. The van der Waals surface area contributed by atoms with Crippen LogP contribution in [0.1, 0.15) is 39.0 Å². The Morgan fingerprint density at radius 2 is 2.13 bits per heavy atom. The Labute approximate surface area is 157 Å². The molecule has 1 heterocycles. The lowest BCUT2D eigenvalue weighted by Gasteiger charge is -2.35. The van der Waals surface area contributed by atoms with Crippen molar-refractivity contribution in [2.45, 2.75) is 45.1 Å². The van der Waals surface area contributed by atoms with Crippen molar-refractivity contribution in [2.75, 3.05) is 39.8 Å². The maximum absolute atomic E-state index is 11.1. The van der Waals surface area contributed by atoms with Gasteiger partial charge in [-0.25, -0.2) is 0 Å². The topological polar surface area (TPSA) is 74.0 Å². The molecule has 0 aromatic rings. The van der Waals surface area contributed by atoms with Crippen LogP contribution in [0.25, 0.3) is 0 Å². The van der Waals surface area contributed by atoms with Crippen LogP contribution in [-0.2, 0) is 4.79 Å². The van der Waals surface area contributed by atoms with Crippen LogP contribution in [0.3, 0.4) is 0 Å². The highest BCUT2D eigenvalue weighted by Gasteiger charge is 2.27. The molecule has 0 aromatic carbocycles. The van der Waals surface area contributed by atoms with Crippen LogP contribution in [0.5, 0.6) is 0 Å². The Balaban J connectivity index is 0.00000264. The second-order valence-corrected chi connectivity index (χ2v) is 6.46. The zero-order valence-corrected chi connectivity index (χ0v) is 16.8. The third-order valence-corrected chi connectivity index (χ3v) is 4.67. The van der Waals surface area contributed by atoms with Gasteiger partial charge in [0.1, 0.15) is 0 Å². The molecule has 0 bridgehead atoms. The van der Waals surface area contributed by atoms with Crippen molar-refractivity contribution in [3.8, 4) is 0 Å². The first-order valence-corrected chi connectivity index (χ1v) is 8.62. The van der Waals surface area contributed by atoms with E-state index in [1.54, 1.807) is 0 Å². The molecule has 134 valence electrons. The van der Waals surface area contributed by atoms with Gasteiger partial charge in [0.05, 0.1) is 0 Å². The molecule has 3 N–H and O–H groups in total. The van der Waals surface area contributed by atoms with Crippen molar-refractivity contribution in [1.82, 2.24) is 15.1 Å². The van der Waals surface area contributed by atoms with Crippen molar-refractivity contribution >= 4 is 35.8 Å². The van der Waals surface area contributed by atoms with Crippen LogP contribution in [0.2, 0.25) is 0 Å². The summed E-state index contributed by atoms with van der Waals surface area (Å²) in [4.78, 5) is 20.3. The van der Waals surface area contributed by atoms with E-state index in [2.05, 4.69) is 27.0 Å².